The molecule has 0 saturated heterocycles. The highest BCUT2D eigenvalue weighted by molar-refractivity contribution is 7.14. The van der Waals surface area contributed by atoms with Gasteiger partial charge in [0.2, 0.25) is 0 Å². The van der Waals surface area contributed by atoms with Gasteiger partial charge in [-0.2, -0.15) is 31.4 Å². The van der Waals surface area contributed by atoms with E-state index in [4.69, 9.17) is 0 Å². The number of aromatic nitrogens is 1. The summed E-state index contributed by atoms with van der Waals surface area (Å²) in [7, 11) is 1.36. The lowest BCUT2D eigenvalue weighted by Crippen LogP contribution is -2.14. The fourth-order valence-electron chi connectivity index (χ4n) is 2.48. The Morgan fingerprint density at radius 2 is 1.62 bits per heavy atom. The molecule has 3 nitrogen and oxygen atoms in total. The van der Waals surface area contributed by atoms with Gasteiger partial charge in [0, 0.05) is 17.5 Å². The van der Waals surface area contributed by atoms with Crippen molar-refractivity contribution in [3.8, 4) is 11.1 Å². The smallest absolute Gasteiger partial charge is 0.251 e. The van der Waals surface area contributed by atoms with Gasteiger partial charge in [-0.05, 0) is 23.8 Å². The van der Waals surface area contributed by atoms with Crippen molar-refractivity contribution in [3.05, 3.63) is 70.0 Å². The Hall–Kier alpha value is -2.88. The molecule has 2 heterocycles. The van der Waals surface area contributed by atoms with Crippen LogP contribution < -0.4 is 5.01 Å². The van der Waals surface area contributed by atoms with Crippen LogP contribution in [0.5, 0.6) is 0 Å². The van der Waals surface area contributed by atoms with Crippen LogP contribution in [0.4, 0.5) is 32.2 Å². The van der Waals surface area contributed by atoms with E-state index in [1.165, 1.54) is 25.2 Å². The Balaban J connectivity index is 1.90. The molecule has 0 unspecified atom stereocenters. The topological polar surface area (TPSA) is 28.5 Å². The summed E-state index contributed by atoms with van der Waals surface area (Å²) >= 11 is 0.504. The molecule has 3 aromatic rings. The van der Waals surface area contributed by atoms with E-state index in [1.54, 1.807) is 30.3 Å². The first-order valence-electron chi connectivity index (χ1n) is 8.14. The molecule has 0 aliphatic carbocycles. The lowest BCUT2D eigenvalue weighted by molar-refractivity contribution is -0.141. The molecular weight excluding hydrogens is 416 g/mol. The average Bonchev–Trinajstić information content (AvgIpc) is 3.11. The van der Waals surface area contributed by atoms with Gasteiger partial charge in [0.25, 0.3) is 0 Å². The molecular formula is C19H13F6N3S. The van der Waals surface area contributed by atoms with Crippen LogP contribution in [0.25, 0.3) is 11.1 Å². The first-order valence-corrected chi connectivity index (χ1v) is 8.96. The second-order valence-electron chi connectivity index (χ2n) is 5.90. The summed E-state index contributed by atoms with van der Waals surface area (Å²) in [6.07, 6.45) is -7.99. The SMILES string of the molecule is CN(N=Cc1cc(-c2ccccc2)c(C(F)(F)F)s1)c1cccc(C(F)(F)F)n1. The molecule has 0 N–H and O–H groups in total. The number of alkyl halides is 6. The van der Waals surface area contributed by atoms with E-state index in [1.807, 2.05) is 0 Å². The number of hydrogen-bond acceptors (Lipinski definition) is 4. The Bertz CT molecular complexity index is 1010. The summed E-state index contributed by atoms with van der Waals surface area (Å²) in [5.74, 6) is -0.0908. The summed E-state index contributed by atoms with van der Waals surface area (Å²) in [6, 6.07) is 12.8. The van der Waals surface area contributed by atoms with Crippen molar-refractivity contribution < 1.29 is 26.3 Å². The Labute approximate surface area is 165 Å². The number of pyridine rings is 1. The van der Waals surface area contributed by atoms with Crippen LogP contribution in [0.2, 0.25) is 0 Å². The zero-order chi connectivity index (χ0) is 21.2. The van der Waals surface area contributed by atoms with Crippen molar-refractivity contribution in [2.45, 2.75) is 12.4 Å². The van der Waals surface area contributed by atoms with E-state index in [0.717, 1.165) is 17.3 Å². The fraction of sp³-hybridized carbons (Fsp3) is 0.158. The molecule has 0 fully saturated rings. The second kappa shape index (κ2) is 7.86. The van der Waals surface area contributed by atoms with Gasteiger partial charge in [-0.1, -0.05) is 36.4 Å². The normalized spacial score (nSPS) is 12.5. The predicted octanol–water partition coefficient (Wildman–Crippen LogP) is 6.32. The van der Waals surface area contributed by atoms with E-state index in [2.05, 4.69) is 10.1 Å². The minimum atomic E-state index is -4.61. The number of hydrazone groups is 1. The third-order valence-corrected chi connectivity index (χ3v) is 4.92. The van der Waals surface area contributed by atoms with Gasteiger partial charge in [-0.25, -0.2) is 4.98 Å². The molecule has 0 aliphatic rings. The summed E-state index contributed by atoms with van der Waals surface area (Å²) in [6.45, 7) is 0. The molecule has 2 aromatic heterocycles. The molecule has 0 amide bonds. The molecule has 3 rings (SSSR count). The molecule has 29 heavy (non-hydrogen) atoms. The lowest BCUT2D eigenvalue weighted by atomic mass is 10.1. The van der Waals surface area contributed by atoms with Crippen LogP contribution in [0.1, 0.15) is 15.4 Å². The van der Waals surface area contributed by atoms with Crippen LogP contribution in [0, 0.1) is 0 Å². The molecule has 0 spiro atoms. The third-order valence-electron chi connectivity index (χ3n) is 3.81. The number of halogens is 6. The highest BCUT2D eigenvalue weighted by Gasteiger charge is 2.36. The quantitative estimate of drug-likeness (QED) is 0.276. The maximum absolute atomic E-state index is 13.4. The molecule has 0 atom stereocenters. The summed E-state index contributed by atoms with van der Waals surface area (Å²) in [5.41, 5.74) is -0.660. The van der Waals surface area contributed by atoms with E-state index in [9.17, 15) is 26.3 Å². The predicted molar refractivity (Wildman–Crippen MR) is 100.0 cm³/mol. The van der Waals surface area contributed by atoms with Crippen molar-refractivity contribution in [2.24, 2.45) is 5.10 Å². The van der Waals surface area contributed by atoms with Gasteiger partial charge in [-0.15, -0.1) is 11.3 Å². The average molecular weight is 429 g/mol. The number of benzene rings is 1. The van der Waals surface area contributed by atoms with E-state index in [0.29, 0.717) is 16.9 Å². The van der Waals surface area contributed by atoms with E-state index in [-0.39, 0.29) is 16.3 Å². The molecule has 152 valence electrons. The zero-order valence-corrected chi connectivity index (χ0v) is 15.6. The minimum absolute atomic E-state index is 0.0180. The number of nitrogens with zero attached hydrogens (tertiary/aromatic N) is 3. The Morgan fingerprint density at radius 1 is 0.931 bits per heavy atom. The summed E-state index contributed by atoms with van der Waals surface area (Å²) in [4.78, 5) is 2.91. The lowest BCUT2D eigenvalue weighted by Gasteiger charge is -2.13. The molecule has 0 radical (unpaired) electrons. The van der Waals surface area contributed by atoms with Crippen molar-refractivity contribution in [1.29, 1.82) is 0 Å². The number of rotatable bonds is 4. The van der Waals surface area contributed by atoms with Gasteiger partial charge >= 0.3 is 12.4 Å². The van der Waals surface area contributed by atoms with Crippen LogP contribution >= 0.6 is 11.3 Å². The van der Waals surface area contributed by atoms with Crippen LogP contribution in [0.3, 0.4) is 0 Å². The number of thiophene rings is 1. The standard InChI is InChI=1S/C19H13F6N3S/c1-28(16-9-5-8-15(27-16)18(20,21)22)26-11-13-10-14(12-6-3-2-4-7-12)17(29-13)19(23,24)25/h2-11H,1H3. The number of hydrogen-bond donors (Lipinski definition) is 0. The van der Waals surface area contributed by atoms with Crippen molar-refractivity contribution >= 4 is 23.4 Å². The molecule has 0 saturated carbocycles. The molecule has 1 aromatic carbocycles. The van der Waals surface area contributed by atoms with Crippen molar-refractivity contribution in [1.82, 2.24) is 4.98 Å². The van der Waals surface area contributed by atoms with Crippen molar-refractivity contribution in [3.63, 3.8) is 0 Å². The molecule has 0 bridgehead atoms. The van der Waals surface area contributed by atoms with Crippen LogP contribution in [0.15, 0.2) is 59.7 Å². The van der Waals surface area contributed by atoms with Gasteiger partial charge < -0.3 is 0 Å². The molecule has 10 heteroatoms. The maximum Gasteiger partial charge on any atom is 0.433 e. The number of anilines is 1. The third kappa shape index (κ3) is 4.94. The molecule has 0 aliphatic heterocycles. The van der Waals surface area contributed by atoms with Gasteiger partial charge in [-0.3, -0.25) is 5.01 Å². The van der Waals surface area contributed by atoms with E-state index >= 15 is 0 Å². The zero-order valence-electron chi connectivity index (χ0n) is 14.8. The van der Waals surface area contributed by atoms with Crippen LogP contribution in [-0.2, 0) is 12.4 Å². The summed E-state index contributed by atoms with van der Waals surface area (Å²) < 4.78 is 78.6. The van der Waals surface area contributed by atoms with E-state index < -0.39 is 22.9 Å². The van der Waals surface area contributed by atoms with Gasteiger partial charge in [0.15, 0.2) is 0 Å². The maximum atomic E-state index is 13.4. The monoisotopic (exact) mass is 429 g/mol. The highest BCUT2D eigenvalue weighted by Crippen LogP contribution is 2.42. The second-order valence-corrected chi connectivity index (χ2v) is 6.99. The first-order chi connectivity index (χ1) is 13.6. The van der Waals surface area contributed by atoms with Gasteiger partial charge in [0.05, 0.1) is 6.21 Å². The van der Waals surface area contributed by atoms with Crippen molar-refractivity contribution in [2.75, 3.05) is 12.1 Å². The largest absolute Gasteiger partial charge is 0.433 e. The fourth-order valence-corrected chi connectivity index (χ4v) is 3.40. The summed E-state index contributed by atoms with van der Waals surface area (Å²) in [5, 5.41) is 5.00. The Morgan fingerprint density at radius 3 is 2.24 bits per heavy atom. The Kier molecular flexibility index (Phi) is 5.65. The van der Waals surface area contributed by atoms with Gasteiger partial charge in [0.1, 0.15) is 16.4 Å². The highest BCUT2D eigenvalue weighted by atomic mass is 32.1. The minimum Gasteiger partial charge on any atom is -0.251 e. The van der Waals surface area contributed by atoms with Crippen LogP contribution in [-0.4, -0.2) is 18.2 Å². The first kappa shape index (κ1) is 20.8.